The number of hydrogen-bond donors (Lipinski definition) is 3. The Morgan fingerprint density at radius 2 is 2.08 bits per heavy atom. The van der Waals surface area contributed by atoms with E-state index < -0.39 is 23.5 Å². The van der Waals surface area contributed by atoms with E-state index in [1.807, 2.05) is 6.26 Å². The molecule has 0 aliphatic heterocycles. The van der Waals surface area contributed by atoms with Crippen molar-refractivity contribution < 1.29 is 24.2 Å². The quantitative estimate of drug-likeness (QED) is 0.611. The van der Waals surface area contributed by atoms with Crippen LogP contribution in [0, 0.1) is 6.92 Å². The van der Waals surface area contributed by atoms with Crippen LogP contribution in [0.4, 0.5) is 0 Å². The van der Waals surface area contributed by atoms with Gasteiger partial charge in [-0.1, -0.05) is 11.6 Å². The van der Waals surface area contributed by atoms with E-state index in [0.29, 0.717) is 16.7 Å². The Balaban J connectivity index is 2.29. The molecule has 140 valence electrons. The molecule has 0 unspecified atom stereocenters. The summed E-state index contributed by atoms with van der Waals surface area (Å²) in [6, 6.07) is 1.66. The van der Waals surface area contributed by atoms with Gasteiger partial charge in [-0.2, -0.15) is 11.8 Å². The lowest BCUT2D eigenvalue weighted by Gasteiger charge is -2.14. The van der Waals surface area contributed by atoms with Crippen molar-refractivity contribution in [3.8, 4) is 5.75 Å². The number of thioether (sulfide) groups is 1. The third kappa shape index (κ3) is 4.50. The molecule has 0 bridgehead atoms. The first-order valence-corrected chi connectivity index (χ1v) is 9.47. The lowest BCUT2D eigenvalue weighted by Crippen LogP contribution is -2.42. The van der Waals surface area contributed by atoms with Crippen molar-refractivity contribution >= 4 is 46.2 Å². The van der Waals surface area contributed by atoms with Crippen molar-refractivity contribution in [2.45, 2.75) is 25.8 Å². The van der Waals surface area contributed by atoms with Gasteiger partial charge >= 0.3 is 11.6 Å². The van der Waals surface area contributed by atoms with Gasteiger partial charge in [0.05, 0.1) is 17.0 Å². The lowest BCUT2D eigenvalue weighted by atomic mass is 10.0. The Morgan fingerprint density at radius 1 is 1.38 bits per heavy atom. The van der Waals surface area contributed by atoms with Gasteiger partial charge in [-0.25, -0.2) is 9.59 Å². The fourth-order valence-electron chi connectivity index (χ4n) is 2.50. The van der Waals surface area contributed by atoms with Crippen LogP contribution in [0.25, 0.3) is 11.0 Å². The van der Waals surface area contributed by atoms with Gasteiger partial charge in [-0.3, -0.25) is 4.79 Å². The fraction of sp³-hybridized carbons (Fsp3) is 0.353. The number of rotatable bonds is 7. The summed E-state index contributed by atoms with van der Waals surface area (Å²) in [4.78, 5) is 35.6. The van der Waals surface area contributed by atoms with Gasteiger partial charge in [0, 0.05) is 11.5 Å². The number of aromatic hydroxyl groups is 1. The average Bonchev–Trinajstić information content (AvgIpc) is 2.57. The summed E-state index contributed by atoms with van der Waals surface area (Å²) in [5, 5.41) is 21.8. The summed E-state index contributed by atoms with van der Waals surface area (Å²) in [7, 11) is 0. The molecule has 1 heterocycles. The molecule has 0 spiro atoms. The van der Waals surface area contributed by atoms with Crippen LogP contribution < -0.4 is 10.9 Å². The molecule has 1 atom stereocenters. The van der Waals surface area contributed by atoms with Crippen molar-refractivity contribution in [2.24, 2.45) is 0 Å². The van der Waals surface area contributed by atoms with Crippen molar-refractivity contribution in [3.63, 3.8) is 0 Å². The maximum absolute atomic E-state index is 12.2. The summed E-state index contributed by atoms with van der Waals surface area (Å²) >= 11 is 7.37. The first kappa shape index (κ1) is 20.1. The highest BCUT2D eigenvalue weighted by atomic mass is 35.5. The molecule has 2 rings (SSSR count). The molecule has 3 N–H and O–H groups in total. The van der Waals surface area contributed by atoms with Crippen molar-refractivity contribution in [1.29, 1.82) is 0 Å². The minimum atomic E-state index is -1.13. The number of halogens is 1. The first-order valence-electron chi connectivity index (χ1n) is 7.70. The second-order valence-corrected chi connectivity index (χ2v) is 7.10. The Kier molecular flexibility index (Phi) is 6.55. The highest BCUT2D eigenvalue weighted by Crippen LogP contribution is 2.30. The zero-order valence-electron chi connectivity index (χ0n) is 14.2. The molecule has 1 amide bonds. The smallest absolute Gasteiger partial charge is 0.340 e. The molecule has 7 nitrogen and oxygen atoms in total. The standard InChI is InChI=1S/C17H18ClNO6S/c1-8-9-5-11(18)13(20)7-14(9)25-17(24)10(8)6-15(21)19-12(16(22)23)3-4-26-2/h5,7,12,20H,3-4,6H2,1-2H3,(H,19,21)(H,22,23)/t12-/m0/s1. The molecule has 0 aliphatic rings. The molecule has 9 heteroatoms. The largest absolute Gasteiger partial charge is 0.506 e. The molecule has 2 aromatic rings. The SMILES string of the molecule is CSCC[C@H](NC(=O)Cc1c(C)c2cc(Cl)c(O)cc2oc1=O)C(=O)O. The van der Waals surface area contributed by atoms with Gasteiger partial charge in [0.15, 0.2) is 0 Å². The number of carbonyl (C=O) groups excluding carboxylic acids is 1. The molecular formula is C17H18ClNO6S. The highest BCUT2D eigenvalue weighted by molar-refractivity contribution is 7.98. The predicted molar refractivity (Wildman–Crippen MR) is 100 cm³/mol. The first-order chi connectivity index (χ1) is 12.2. The van der Waals surface area contributed by atoms with Crippen LogP contribution in [0.2, 0.25) is 5.02 Å². The number of amides is 1. The van der Waals surface area contributed by atoms with E-state index in [1.165, 1.54) is 23.9 Å². The van der Waals surface area contributed by atoms with Gasteiger partial charge < -0.3 is 19.9 Å². The number of aliphatic carboxylic acids is 1. The molecule has 0 fully saturated rings. The number of carboxylic acid groups (broad SMARTS) is 1. The van der Waals surface area contributed by atoms with E-state index in [2.05, 4.69) is 5.32 Å². The number of hydrogen-bond acceptors (Lipinski definition) is 6. The summed E-state index contributed by atoms with van der Waals surface area (Å²) in [5.41, 5.74) is 0.0415. The van der Waals surface area contributed by atoms with Crippen LogP contribution in [-0.4, -0.2) is 40.1 Å². The Bertz CT molecular complexity index is 910. The number of aryl methyl sites for hydroxylation is 1. The predicted octanol–water partition coefficient (Wildman–Crippen LogP) is 2.33. The van der Waals surface area contributed by atoms with Gasteiger partial charge in [0.25, 0.3) is 0 Å². The maximum atomic E-state index is 12.2. The Labute approximate surface area is 158 Å². The van der Waals surface area contributed by atoms with Crippen molar-refractivity contribution in [1.82, 2.24) is 5.32 Å². The number of benzene rings is 1. The third-order valence-electron chi connectivity index (χ3n) is 3.94. The van der Waals surface area contributed by atoms with Crippen molar-refractivity contribution in [2.75, 3.05) is 12.0 Å². The zero-order chi connectivity index (χ0) is 19.4. The molecule has 1 aromatic carbocycles. The second-order valence-electron chi connectivity index (χ2n) is 5.71. The van der Waals surface area contributed by atoms with Crippen LogP contribution in [0.1, 0.15) is 17.5 Å². The number of nitrogens with one attached hydrogen (secondary N) is 1. The van der Waals surface area contributed by atoms with E-state index in [1.54, 1.807) is 6.92 Å². The van der Waals surface area contributed by atoms with Gasteiger partial charge in [0.2, 0.25) is 5.91 Å². The lowest BCUT2D eigenvalue weighted by molar-refractivity contribution is -0.141. The third-order valence-corrected chi connectivity index (χ3v) is 4.88. The van der Waals surface area contributed by atoms with E-state index in [9.17, 15) is 24.6 Å². The van der Waals surface area contributed by atoms with E-state index in [0.717, 1.165) is 0 Å². The molecule has 0 saturated carbocycles. The molecule has 0 radical (unpaired) electrons. The number of carbonyl (C=O) groups is 2. The maximum Gasteiger partial charge on any atom is 0.340 e. The van der Waals surface area contributed by atoms with Crippen LogP contribution in [0.15, 0.2) is 21.3 Å². The number of carboxylic acids is 1. The molecule has 26 heavy (non-hydrogen) atoms. The minimum Gasteiger partial charge on any atom is -0.506 e. The van der Waals surface area contributed by atoms with E-state index in [-0.39, 0.29) is 34.8 Å². The average molecular weight is 400 g/mol. The molecule has 1 aromatic heterocycles. The molecule has 0 aliphatic carbocycles. The second kappa shape index (κ2) is 8.46. The zero-order valence-corrected chi connectivity index (χ0v) is 15.7. The summed E-state index contributed by atoms with van der Waals surface area (Å²) < 4.78 is 5.15. The Hall–Kier alpha value is -2.19. The summed E-state index contributed by atoms with van der Waals surface area (Å²) in [6.45, 7) is 1.64. The van der Waals surface area contributed by atoms with Crippen LogP contribution in [-0.2, 0) is 16.0 Å². The van der Waals surface area contributed by atoms with Crippen molar-refractivity contribution in [3.05, 3.63) is 38.7 Å². The summed E-state index contributed by atoms with van der Waals surface area (Å²) in [6.07, 6.45) is 1.81. The summed E-state index contributed by atoms with van der Waals surface area (Å²) in [5.74, 6) is -1.35. The van der Waals surface area contributed by atoms with Crippen LogP contribution >= 0.6 is 23.4 Å². The minimum absolute atomic E-state index is 0.0906. The number of phenols is 1. The van der Waals surface area contributed by atoms with E-state index in [4.69, 9.17) is 16.0 Å². The monoisotopic (exact) mass is 399 g/mol. The molecular weight excluding hydrogens is 382 g/mol. The van der Waals surface area contributed by atoms with E-state index >= 15 is 0 Å². The number of fused-ring (bicyclic) bond motifs is 1. The van der Waals surface area contributed by atoms with Crippen LogP contribution in [0.5, 0.6) is 5.75 Å². The van der Waals surface area contributed by atoms with Crippen LogP contribution in [0.3, 0.4) is 0 Å². The fourth-order valence-corrected chi connectivity index (χ4v) is 3.14. The topological polar surface area (TPSA) is 117 Å². The number of phenolic OH excluding ortho intramolecular Hbond substituents is 1. The highest BCUT2D eigenvalue weighted by Gasteiger charge is 2.22. The normalized spacial score (nSPS) is 12.1. The van der Waals surface area contributed by atoms with Gasteiger partial charge in [-0.05, 0) is 37.0 Å². The Morgan fingerprint density at radius 3 is 2.69 bits per heavy atom. The van der Waals surface area contributed by atoms with Gasteiger partial charge in [-0.15, -0.1) is 0 Å². The van der Waals surface area contributed by atoms with Gasteiger partial charge in [0.1, 0.15) is 17.4 Å². The molecule has 0 saturated heterocycles.